The minimum absolute atomic E-state index is 0.0573. The van der Waals surface area contributed by atoms with E-state index in [2.05, 4.69) is 0 Å². The predicted octanol–water partition coefficient (Wildman–Crippen LogP) is 2.15. The molecule has 4 N–H and O–H groups in total. The lowest BCUT2D eigenvalue weighted by Crippen LogP contribution is -2.38. The molecule has 5 heteroatoms. The third-order valence-electron chi connectivity index (χ3n) is 3.75. The maximum absolute atomic E-state index is 12.7. The van der Waals surface area contributed by atoms with Crippen LogP contribution in [-0.4, -0.2) is 22.7 Å². The molecular formula is C16H16N2O3. The molecule has 2 aromatic rings. The van der Waals surface area contributed by atoms with Crippen molar-refractivity contribution in [3.8, 4) is 11.5 Å². The molecule has 3 rings (SSSR count). The van der Waals surface area contributed by atoms with Gasteiger partial charge in [-0.3, -0.25) is 4.79 Å². The molecule has 5 nitrogen and oxygen atoms in total. The summed E-state index contributed by atoms with van der Waals surface area (Å²) in [6, 6.07) is 11.3. The first-order valence-corrected chi connectivity index (χ1v) is 6.76. The van der Waals surface area contributed by atoms with Crippen molar-refractivity contribution in [2.75, 3.05) is 11.4 Å². The molecule has 2 aromatic carbocycles. The summed E-state index contributed by atoms with van der Waals surface area (Å²) in [6.45, 7) is 0.478. The monoisotopic (exact) mass is 284 g/mol. The molecular weight excluding hydrogens is 268 g/mol. The maximum atomic E-state index is 12.7. The first-order valence-electron chi connectivity index (χ1n) is 6.76. The second kappa shape index (κ2) is 5.10. The third kappa shape index (κ3) is 2.32. The zero-order valence-electron chi connectivity index (χ0n) is 11.4. The van der Waals surface area contributed by atoms with Crippen molar-refractivity contribution in [2.45, 2.75) is 12.5 Å². The second-order valence-corrected chi connectivity index (χ2v) is 5.11. The van der Waals surface area contributed by atoms with Gasteiger partial charge in [-0.25, -0.2) is 0 Å². The number of benzene rings is 2. The van der Waals surface area contributed by atoms with E-state index in [0.29, 0.717) is 13.0 Å². The SMILES string of the molecule is NC1CCN(C(=O)c2cc(O)ccc2O)c2ccccc21. The van der Waals surface area contributed by atoms with Crippen LogP contribution in [0.2, 0.25) is 0 Å². The van der Waals surface area contributed by atoms with Crippen molar-refractivity contribution in [1.82, 2.24) is 0 Å². The average molecular weight is 284 g/mol. The van der Waals surface area contributed by atoms with Crippen molar-refractivity contribution in [2.24, 2.45) is 5.73 Å². The number of carbonyl (C=O) groups is 1. The molecule has 0 aromatic heterocycles. The molecule has 0 saturated carbocycles. The second-order valence-electron chi connectivity index (χ2n) is 5.11. The molecule has 1 atom stereocenters. The van der Waals surface area contributed by atoms with Crippen LogP contribution in [0.25, 0.3) is 0 Å². The summed E-state index contributed by atoms with van der Waals surface area (Å²) >= 11 is 0. The number of carbonyl (C=O) groups excluding carboxylic acids is 1. The van der Waals surface area contributed by atoms with Crippen molar-refractivity contribution in [3.05, 3.63) is 53.6 Å². The summed E-state index contributed by atoms with van der Waals surface area (Å²) in [6.07, 6.45) is 0.655. The number of phenolic OH excluding ortho intramolecular Hbond substituents is 2. The van der Waals surface area contributed by atoms with Crippen molar-refractivity contribution in [3.63, 3.8) is 0 Å². The number of aromatic hydroxyl groups is 2. The fourth-order valence-corrected chi connectivity index (χ4v) is 2.64. The van der Waals surface area contributed by atoms with E-state index in [1.54, 1.807) is 4.90 Å². The molecule has 1 aliphatic rings. The van der Waals surface area contributed by atoms with Crippen LogP contribution in [0, 0.1) is 0 Å². The zero-order valence-corrected chi connectivity index (χ0v) is 11.4. The Bertz CT molecular complexity index is 700. The van der Waals surface area contributed by atoms with E-state index in [9.17, 15) is 15.0 Å². The number of hydrogen-bond acceptors (Lipinski definition) is 4. The van der Waals surface area contributed by atoms with Crippen molar-refractivity contribution < 1.29 is 15.0 Å². The molecule has 0 bridgehead atoms. The van der Waals surface area contributed by atoms with Gasteiger partial charge in [0.2, 0.25) is 0 Å². The van der Waals surface area contributed by atoms with Gasteiger partial charge in [0.15, 0.2) is 0 Å². The van der Waals surface area contributed by atoms with E-state index in [4.69, 9.17) is 5.73 Å². The summed E-state index contributed by atoms with van der Waals surface area (Å²) in [5.41, 5.74) is 7.83. The number of rotatable bonds is 1. The van der Waals surface area contributed by atoms with Crippen LogP contribution < -0.4 is 10.6 Å². The normalized spacial score (nSPS) is 17.4. The van der Waals surface area contributed by atoms with E-state index in [-0.39, 0.29) is 29.0 Å². The molecule has 0 spiro atoms. The number of nitrogens with zero attached hydrogens (tertiary/aromatic N) is 1. The van der Waals surface area contributed by atoms with Gasteiger partial charge < -0.3 is 20.8 Å². The highest BCUT2D eigenvalue weighted by Crippen LogP contribution is 2.34. The van der Waals surface area contributed by atoms with Gasteiger partial charge >= 0.3 is 0 Å². The summed E-state index contributed by atoms with van der Waals surface area (Å²) in [5, 5.41) is 19.4. The van der Waals surface area contributed by atoms with Crippen LogP contribution in [0.4, 0.5) is 5.69 Å². The molecule has 108 valence electrons. The smallest absolute Gasteiger partial charge is 0.262 e. The van der Waals surface area contributed by atoms with E-state index >= 15 is 0 Å². The quantitative estimate of drug-likeness (QED) is 0.700. The Balaban J connectivity index is 2.03. The van der Waals surface area contributed by atoms with Gasteiger partial charge in [0.25, 0.3) is 5.91 Å². The van der Waals surface area contributed by atoms with Gasteiger partial charge in [-0.1, -0.05) is 18.2 Å². The molecule has 1 heterocycles. The highest BCUT2D eigenvalue weighted by Gasteiger charge is 2.28. The van der Waals surface area contributed by atoms with Gasteiger partial charge in [0.05, 0.1) is 5.56 Å². The van der Waals surface area contributed by atoms with E-state index in [0.717, 1.165) is 11.3 Å². The van der Waals surface area contributed by atoms with Gasteiger partial charge in [-0.2, -0.15) is 0 Å². The van der Waals surface area contributed by atoms with Crippen LogP contribution >= 0.6 is 0 Å². The van der Waals surface area contributed by atoms with Crippen LogP contribution in [0.15, 0.2) is 42.5 Å². The van der Waals surface area contributed by atoms with E-state index < -0.39 is 0 Å². The average Bonchev–Trinajstić information content (AvgIpc) is 2.50. The lowest BCUT2D eigenvalue weighted by Gasteiger charge is -2.32. The van der Waals surface area contributed by atoms with Gasteiger partial charge in [0.1, 0.15) is 11.5 Å². The Hall–Kier alpha value is -2.53. The van der Waals surface area contributed by atoms with E-state index in [1.165, 1.54) is 18.2 Å². The Morgan fingerprint density at radius 3 is 2.76 bits per heavy atom. The first-order chi connectivity index (χ1) is 10.1. The Labute approximate surface area is 122 Å². The Morgan fingerprint density at radius 1 is 1.19 bits per heavy atom. The Kier molecular flexibility index (Phi) is 3.27. The lowest BCUT2D eigenvalue weighted by atomic mass is 9.96. The summed E-state index contributed by atoms with van der Waals surface area (Å²) in [7, 11) is 0. The number of phenols is 2. The number of fused-ring (bicyclic) bond motifs is 1. The molecule has 0 radical (unpaired) electrons. The highest BCUT2D eigenvalue weighted by molar-refractivity contribution is 6.08. The lowest BCUT2D eigenvalue weighted by molar-refractivity contribution is 0.0981. The van der Waals surface area contributed by atoms with Crippen LogP contribution in [0.5, 0.6) is 11.5 Å². The molecule has 1 aliphatic heterocycles. The summed E-state index contributed by atoms with van der Waals surface area (Å²) in [4.78, 5) is 14.2. The number of nitrogens with two attached hydrogens (primary N) is 1. The molecule has 0 saturated heterocycles. The van der Waals surface area contributed by atoms with Gasteiger partial charge in [-0.05, 0) is 36.2 Å². The molecule has 0 fully saturated rings. The number of para-hydroxylation sites is 1. The largest absolute Gasteiger partial charge is 0.508 e. The van der Waals surface area contributed by atoms with Crippen LogP contribution in [-0.2, 0) is 0 Å². The van der Waals surface area contributed by atoms with E-state index in [1.807, 2.05) is 24.3 Å². The molecule has 1 amide bonds. The molecule has 0 aliphatic carbocycles. The number of hydrogen-bond donors (Lipinski definition) is 3. The fourth-order valence-electron chi connectivity index (χ4n) is 2.64. The van der Waals surface area contributed by atoms with Crippen molar-refractivity contribution in [1.29, 1.82) is 0 Å². The van der Waals surface area contributed by atoms with Crippen molar-refractivity contribution >= 4 is 11.6 Å². The fraction of sp³-hybridized carbons (Fsp3) is 0.188. The number of anilines is 1. The topological polar surface area (TPSA) is 86.8 Å². The van der Waals surface area contributed by atoms with Gasteiger partial charge in [-0.15, -0.1) is 0 Å². The van der Waals surface area contributed by atoms with Crippen LogP contribution in [0.3, 0.4) is 0 Å². The number of amides is 1. The first kappa shape index (κ1) is 13.5. The Morgan fingerprint density at radius 2 is 1.95 bits per heavy atom. The maximum Gasteiger partial charge on any atom is 0.262 e. The standard InChI is InChI=1S/C16H16N2O3/c17-13-7-8-18(14-4-2-1-3-11(13)14)16(21)12-9-10(19)5-6-15(12)20/h1-6,9,13,19-20H,7-8,17H2. The predicted molar refractivity (Wildman–Crippen MR) is 79.4 cm³/mol. The van der Waals surface area contributed by atoms with Gasteiger partial charge in [0, 0.05) is 18.3 Å². The third-order valence-corrected chi connectivity index (χ3v) is 3.75. The molecule has 1 unspecified atom stereocenters. The minimum Gasteiger partial charge on any atom is -0.508 e. The van der Waals surface area contributed by atoms with Crippen LogP contribution in [0.1, 0.15) is 28.4 Å². The highest BCUT2D eigenvalue weighted by atomic mass is 16.3. The summed E-state index contributed by atoms with van der Waals surface area (Å²) in [5.74, 6) is -0.550. The summed E-state index contributed by atoms with van der Waals surface area (Å²) < 4.78 is 0. The zero-order chi connectivity index (χ0) is 15.0. The molecule has 21 heavy (non-hydrogen) atoms. The minimum atomic E-state index is -0.345.